The van der Waals surface area contributed by atoms with Crippen molar-refractivity contribution in [3.05, 3.63) is 42.4 Å². The largest absolute Gasteiger partial charge is 0.478 e. The number of aromatic nitrogens is 2. The Bertz CT molecular complexity index is 741. The number of carboxylic acids is 1. The van der Waals surface area contributed by atoms with Crippen LogP contribution in [0.2, 0.25) is 0 Å². The second-order valence-electron chi connectivity index (χ2n) is 4.36. The Hall–Kier alpha value is -3.14. The standard InChI is InChI=1S/C14H10N4O3/c15-7-9-13(17-6-5-16-9)18-8-12(14(19)20)21-11-4-2-1-3-10(11)18/h1-6,12H,8H2,(H,19,20). The van der Waals surface area contributed by atoms with Gasteiger partial charge in [0, 0.05) is 12.4 Å². The summed E-state index contributed by atoms with van der Waals surface area (Å²) in [6.07, 6.45) is 1.85. The molecule has 1 aliphatic heterocycles. The summed E-state index contributed by atoms with van der Waals surface area (Å²) in [6.45, 7) is 0.0553. The van der Waals surface area contributed by atoms with Gasteiger partial charge in [-0.2, -0.15) is 5.26 Å². The monoisotopic (exact) mass is 282 g/mol. The molecule has 0 saturated carbocycles. The van der Waals surface area contributed by atoms with E-state index in [0.29, 0.717) is 17.3 Å². The summed E-state index contributed by atoms with van der Waals surface area (Å²) in [5.74, 6) is -0.315. The third kappa shape index (κ3) is 2.23. The number of benzene rings is 1. The zero-order valence-electron chi connectivity index (χ0n) is 10.8. The predicted octanol–water partition coefficient (Wildman–Crippen LogP) is 1.33. The quantitative estimate of drug-likeness (QED) is 0.886. The Morgan fingerprint density at radius 1 is 1.38 bits per heavy atom. The highest BCUT2D eigenvalue weighted by Gasteiger charge is 2.32. The van der Waals surface area contributed by atoms with Gasteiger partial charge >= 0.3 is 5.97 Å². The van der Waals surface area contributed by atoms with Crippen LogP contribution in [-0.2, 0) is 4.79 Å². The lowest BCUT2D eigenvalue weighted by molar-refractivity contribution is -0.144. The van der Waals surface area contributed by atoms with Crippen LogP contribution >= 0.6 is 0 Å². The van der Waals surface area contributed by atoms with E-state index in [0.717, 1.165) is 0 Å². The van der Waals surface area contributed by atoms with E-state index in [-0.39, 0.29) is 12.2 Å². The molecule has 0 spiro atoms. The van der Waals surface area contributed by atoms with Crippen LogP contribution in [-0.4, -0.2) is 33.7 Å². The molecule has 0 amide bonds. The minimum atomic E-state index is -1.07. The molecule has 0 saturated heterocycles. The smallest absolute Gasteiger partial charge is 0.346 e. The Kier molecular flexibility index (Phi) is 3.12. The number of nitrogens with zero attached hydrogens (tertiary/aromatic N) is 4. The van der Waals surface area contributed by atoms with Crippen LogP contribution in [0.25, 0.3) is 0 Å². The van der Waals surface area contributed by atoms with Crippen molar-refractivity contribution in [1.29, 1.82) is 5.26 Å². The van der Waals surface area contributed by atoms with Crippen LogP contribution in [0.1, 0.15) is 5.69 Å². The lowest BCUT2D eigenvalue weighted by atomic mass is 10.1. The third-order valence-corrected chi connectivity index (χ3v) is 3.09. The molecule has 1 aliphatic rings. The molecule has 104 valence electrons. The number of para-hydroxylation sites is 2. The van der Waals surface area contributed by atoms with E-state index < -0.39 is 12.1 Å². The highest BCUT2D eigenvalue weighted by Crippen LogP contribution is 2.37. The van der Waals surface area contributed by atoms with E-state index in [4.69, 9.17) is 10.00 Å². The SMILES string of the molecule is N#Cc1nccnc1N1CC(C(=O)O)Oc2ccccc21. The number of hydrogen-bond acceptors (Lipinski definition) is 6. The highest BCUT2D eigenvalue weighted by molar-refractivity contribution is 5.79. The average Bonchev–Trinajstić information content (AvgIpc) is 2.53. The third-order valence-electron chi connectivity index (χ3n) is 3.09. The summed E-state index contributed by atoms with van der Waals surface area (Å²) < 4.78 is 5.45. The first-order valence-electron chi connectivity index (χ1n) is 6.18. The molecule has 2 heterocycles. The first-order valence-corrected chi connectivity index (χ1v) is 6.18. The second-order valence-corrected chi connectivity index (χ2v) is 4.36. The lowest BCUT2D eigenvalue weighted by Gasteiger charge is -2.33. The highest BCUT2D eigenvalue weighted by atomic mass is 16.5. The van der Waals surface area contributed by atoms with Gasteiger partial charge in [0.05, 0.1) is 12.2 Å². The number of carbonyl (C=O) groups is 1. The van der Waals surface area contributed by atoms with Gasteiger partial charge < -0.3 is 14.7 Å². The summed E-state index contributed by atoms with van der Waals surface area (Å²) >= 11 is 0. The fraction of sp³-hybridized carbons (Fsp3) is 0.143. The number of aliphatic carboxylic acids is 1. The number of carboxylic acid groups (broad SMARTS) is 1. The van der Waals surface area contributed by atoms with Gasteiger partial charge in [-0.25, -0.2) is 14.8 Å². The lowest BCUT2D eigenvalue weighted by Crippen LogP contribution is -2.42. The van der Waals surface area contributed by atoms with E-state index in [1.807, 2.05) is 6.07 Å². The van der Waals surface area contributed by atoms with Crippen LogP contribution in [0.4, 0.5) is 11.5 Å². The zero-order valence-corrected chi connectivity index (χ0v) is 10.8. The van der Waals surface area contributed by atoms with E-state index in [1.165, 1.54) is 12.4 Å². The van der Waals surface area contributed by atoms with Gasteiger partial charge in [-0.1, -0.05) is 12.1 Å². The molecule has 0 bridgehead atoms. The molecule has 7 nitrogen and oxygen atoms in total. The van der Waals surface area contributed by atoms with Crippen molar-refractivity contribution in [2.24, 2.45) is 0 Å². The van der Waals surface area contributed by atoms with Gasteiger partial charge in [-0.15, -0.1) is 0 Å². The fourth-order valence-corrected chi connectivity index (χ4v) is 2.17. The van der Waals surface area contributed by atoms with Crippen molar-refractivity contribution >= 4 is 17.5 Å². The van der Waals surface area contributed by atoms with Crippen molar-refractivity contribution in [3.63, 3.8) is 0 Å². The average molecular weight is 282 g/mol. The molecule has 0 fully saturated rings. The minimum Gasteiger partial charge on any atom is -0.478 e. The molecule has 3 rings (SSSR count). The summed E-state index contributed by atoms with van der Waals surface area (Å²) in [6, 6.07) is 8.98. The van der Waals surface area contributed by atoms with Crippen LogP contribution in [0.5, 0.6) is 5.75 Å². The van der Waals surface area contributed by atoms with Crippen LogP contribution in [0.3, 0.4) is 0 Å². The van der Waals surface area contributed by atoms with Crippen LogP contribution in [0, 0.1) is 11.3 Å². The van der Waals surface area contributed by atoms with Gasteiger partial charge in [0.15, 0.2) is 11.5 Å². The van der Waals surface area contributed by atoms with Gasteiger partial charge in [0.2, 0.25) is 6.10 Å². The number of ether oxygens (including phenoxy) is 1. The molecule has 21 heavy (non-hydrogen) atoms. The van der Waals surface area contributed by atoms with Gasteiger partial charge in [-0.3, -0.25) is 0 Å². The molecule has 2 aromatic rings. The zero-order chi connectivity index (χ0) is 14.8. The maximum Gasteiger partial charge on any atom is 0.346 e. The van der Waals surface area contributed by atoms with Crippen LogP contribution < -0.4 is 9.64 Å². The molecule has 1 aromatic heterocycles. The molecule has 1 atom stereocenters. The van der Waals surface area contributed by atoms with E-state index in [2.05, 4.69) is 9.97 Å². The molecule has 1 unspecified atom stereocenters. The summed E-state index contributed by atoms with van der Waals surface area (Å²) in [5.41, 5.74) is 0.797. The molecule has 0 radical (unpaired) electrons. The Labute approximate surface area is 120 Å². The van der Waals surface area contributed by atoms with E-state index >= 15 is 0 Å². The first kappa shape index (κ1) is 12.9. The molecular formula is C14H10N4O3. The van der Waals surface area contributed by atoms with Gasteiger partial charge in [0.1, 0.15) is 11.8 Å². The summed E-state index contributed by atoms with van der Waals surface area (Å²) in [5, 5.41) is 18.3. The van der Waals surface area contributed by atoms with E-state index in [9.17, 15) is 9.90 Å². The molecule has 1 N–H and O–H groups in total. The van der Waals surface area contributed by atoms with Crippen LogP contribution in [0.15, 0.2) is 36.7 Å². The normalized spacial score (nSPS) is 16.5. The van der Waals surface area contributed by atoms with Crippen molar-refractivity contribution in [2.45, 2.75) is 6.10 Å². The molecular weight excluding hydrogens is 272 g/mol. The Balaban J connectivity index is 2.13. The fourth-order valence-electron chi connectivity index (χ4n) is 2.17. The van der Waals surface area contributed by atoms with Crippen molar-refractivity contribution in [1.82, 2.24) is 9.97 Å². The molecule has 1 aromatic carbocycles. The number of rotatable bonds is 2. The van der Waals surface area contributed by atoms with Gasteiger partial charge in [-0.05, 0) is 12.1 Å². The second kappa shape index (κ2) is 5.09. The summed E-state index contributed by atoms with van der Waals surface area (Å²) in [4.78, 5) is 21.0. The number of fused-ring (bicyclic) bond motifs is 1. The van der Waals surface area contributed by atoms with Gasteiger partial charge in [0.25, 0.3) is 0 Å². The van der Waals surface area contributed by atoms with E-state index in [1.54, 1.807) is 29.2 Å². The maximum absolute atomic E-state index is 11.2. The van der Waals surface area contributed by atoms with Crippen molar-refractivity contribution in [2.75, 3.05) is 11.4 Å². The maximum atomic E-state index is 11.2. The number of hydrogen-bond donors (Lipinski definition) is 1. The Morgan fingerprint density at radius 3 is 2.90 bits per heavy atom. The predicted molar refractivity (Wildman–Crippen MR) is 72.2 cm³/mol. The molecule has 0 aliphatic carbocycles. The number of nitriles is 1. The molecule has 7 heteroatoms. The minimum absolute atomic E-state index is 0.0553. The number of anilines is 2. The topological polar surface area (TPSA) is 99.3 Å². The first-order chi connectivity index (χ1) is 10.2. The summed E-state index contributed by atoms with van der Waals surface area (Å²) in [7, 11) is 0. The Morgan fingerprint density at radius 2 is 2.14 bits per heavy atom. The van der Waals surface area contributed by atoms with Crippen molar-refractivity contribution in [3.8, 4) is 11.8 Å². The van der Waals surface area contributed by atoms with Crippen molar-refractivity contribution < 1.29 is 14.6 Å².